The van der Waals surface area contributed by atoms with Crippen molar-refractivity contribution in [3.8, 4) is 11.5 Å². The van der Waals surface area contributed by atoms with E-state index in [4.69, 9.17) is 0 Å². The first-order chi connectivity index (χ1) is 14.9. The largest absolute Gasteiger partial charge is 0.504 e. The van der Waals surface area contributed by atoms with Gasteiger partial charge in [-0.3, -0.25) is 9.59 Å². The van der Waals surface area contributed by atoms with Crippen LogP contribution in [0.1, 0.15) is 30.4 Å². The molecule has 1 aliphatic rings. The standard InChI is InChI=1S/C23H28IN3O4/c1-25-11-3-2-4-19-22(30)26-18(12-15-5-8-17(24)9-6-15)23(31)27(19)14-16-7-10-20(28)21(29)13-16/h5-10,13,18-19,25,28-29H,2-4,11-12,14H2,1H3,(H,26,30). The van der Waals surface area contributed by atoms with Crippen molar-refractivity contribution in [3.05, 3.63) is 57.2 Å². The number of aromatic hydroxyl groups is 2. The summed E-state index contributed by atoms with van der Waals surface area (Å²) in [5, 5.41) is 25.4. The molecule has 0 radical (unpaired) electrons. The Hall–Kier alpha value is -2.33. The third kappa shape index (κ3) is 6.10. The number of halogens is 1. The summed E-state index contributed by atoms with van der Waals surface area (Å²) in [6, 6.07) is 11.2. The van der Waals surface area contributed by atoms with Crippen molar-refractivity contribution >= 4 is 34.4 Å². The van der Waals surface area contributed by atoms with Crippen molar-refractivity contribution < 1.29 is 19.8 Å². The van der Waals surface area contributed by atoms with Crippen molar-refractivity contribution in [1.29, 1.82) is 0 Å². The van der Waals surface area contributed by atoms with Gasteiger partial charge in [-0.25, -0.2) is 0 Å². The average Bonchev–Trinajstić information content (AvgIpc) is 2.74. The fraction of sp³-hybridized carbons (Fsp3) is 0.391. The number of amides is 2. The predicted octanol–water partition coefficient (Wildman–Crippen LogP) is 2.53. The highest BCUT2D eigenvalue weighted by Gasteiger charge is 2.40. The van der Waals surface area contributed by atoms with E-state index in [1.54, 1.807) is 11.0 Å². The number of carbonyl (C=O) groups is 2. The van der Waals surface area contributed by atoms with E-state index in [1.807, 2.05) is 31.3 Å². The molecule has 0 bridgehead atoms. The van der Waals surface area contributed by atoms with Crippen LogP contribution in [0.4, 0.5) is 0 Å². The Labute approximate surface area is 196 Å². The molecule has 1 saturated heterocycles. The van der Waals surface area contributed by atoms with E-state index in [1.165, 1.54) is 12.1 Å². The van der Waals surface area contributed by atoms with Crippen LogP contribution in [-0.4, -0.2) is 52.6 Å². The van der Waals surface area contributed by atoms with Crippen LogP contribution in [0.2, 0.25) is 0 Å². The third-order valence-corrected chi connectivity index (χ3v) is 6.20. The van der Waals surface area contributed by atoms with E-state index < -0.39 is 12.1 Å². The molecule has 7 nitrogen and oxygen atoms in total. The number of phenols is 2. The second kappa shape index (κ2) is 10.8. The second-order valence-electron chi connectivity index (χ2n) is 7.80. The summed E-state index contributed by atoms with van der Waals surface area (Å²) in [5.41, 5.74) is 1.64. The number of rotatable bonds is 9. The van der Waals surface area contributed by atoms with E-state index in [9.17, 15) is 19.8 Å². The summed E-state index contributed by atoms with van der Waals surface area (Å²) >= 11 is 2.23. The summed E-state index contributed by atoms with van der Waals surface area (Å²) in [6.07, 6.45) is 2.71. The Bertz CT molecular complexity index is 920. The number of piperazine rings is 1. The molecule has 166 valence electrons. The minimum absolute atomic E-state index is 0.135. The van der Waals surface area contributed by atoms with Crippen molar-refractivity contribution in [2.45, 2.75) is 44.3 Å². The summed E-state index contributed by atoms with van der Waals surface area (Å²) in [7, 11) is 1.88. The van der Waals surface area contributed by atoms with Gasteiger partial charge in [0.1, 0.15) is 12.1 Å². The Morgan fingerprint density at radius 1 is 1.03 bits per heavy atom. The number of phenolic OH excluding ortho intramolecular Hbond substituents is 2. The van der Waals surface area contributed by atoms with Gasteiger partial charge < -0.3 is 25.7 Å². The zero-order valence-electron chi connectivity index (χ0n) is 17.5. The van der Waals surface area contributed by atoms with Gasteiger partial charge in [0.15, 0.2) is 11.5 Å². The topological polar surface area (TPSA) is 102 Å². The zero-order chi connectivity index (χ0) is 22.4. The number of benzene rings is 2. The van der Waals surface area contributed by atoms with Crippen LogP contribution in [-0.2, 0) is 22.6 Å². The molecule has 2 atom stereocenters. The minimum Gasteiger partial charge on any atom is -0.504 e. The van der Waals surface area contributed by atoms with Gasteiger partial charge in [0.2, 0.25) is 11.8 Å². The molecule has 1 heterocycles. The number of nitrogens with zero attached hydrogens (tertiary/aromatic N) is 1. The van der Waals surface area contributed by atoms with Crippen LogP contribution in [0.3, 0.4) is 0 Å². The first-order valence-corrected chi connectivity index (χ1v) is 11.5. The number of unbranched alkanes of at least 4 members (excludes halogenated alkanes) is 1. The SMILES string of the molecule is CNCCCCC1C(=O)NC(Cc2ccc(I)cc2)C(=O)N1Cc1ccc(O)c(O)c1. The van der Waals surface area contributed by atoms with Crippen LogP contribution < -0.4 is 10.6 Å². The van der Waals surface area contributed by atoms with Crippen LogP contribution >= 0.6 is 22.6 Å². The average molecular weight is 537 g/mol. The second-order valence-corrected chi connectivity index (χ2v) is 9.04. The van der Waals surface area contributed by atoms with Gasteiger partial charge in [0.25, 0.3) is 0 Å². The molecular formula is C23H28IN3O4. The first-order valence-electron chi connectivity index (χ1n) is 10.4. The maximum absolute atomic E-state index is 13.4. The highest BCUT2D eigenvalue weighted by Crippen LogP contribution is 2.27. The molecule has 3 rings (SSSR count). The lowest BCUT2D eigenvalue weighted by molar-refractivity contribution is -0.150. The number of hydrogen-bond acceptors (Lipinski definition) is 5. The fourth-order valence-electron chi connectivity index (χ4n) is 3.80. The number of nitrogens with one attached hydrogen (secondary N) is 2. The van der Waals surface area contributed by atoms with Crippen LogP contribution in [0.5, 0.6) is 11.5 Å². The predicted molar refractivity (Wildman–Crippen MR) is 127 cm³/mol. The molecule has 0 spiro atoms. The molecule has 0 aromatic heterocycles. The van der Waals surface area contributed by atoms with Crippen LogP contribution in [0.15, 0.2) is 42.5 Å². The number of carbonyl (C=O) groups excluding carboxylic acids is 2. The smallest absolute Gasteiger partial charge is 0.246 e. The van der Waals surface area contributed by atoms with Gasteiger partial charge in [-0.15, -0.1) is 0 Å². The molecule has 0 aliphatic carbocycles. The van der Waals surface area contributed by atoms with Crippen molar-refractivity contribution in [2.75, 3.05) is 13.6 Å². The highest BCUT2D eigenvalue weighted by molar-refractivity contribution is 14.1. The Morgan fingerprint density at radius 2 is 1.74 bits per heavy atom. The summed E-state index contributed by atoms with van der Waals surface area (Å²) < 4.78 is 1.11. The molecule has 31 heavy (non-hydrogen) atoms. The lowest BCUT2D eigenvalue weighted by Crippen LogP contribution is -2.63. The molecule has 1 aliphatic heterocycles. The summed E-state index contributed by atoms with van der Waals surface area (Å²) in [4.78, 5) is 28.0. The molecule has 2 aromatic carbocycles. The van der Waals surface area contributed by atoms with Crippen molar-refractivity contribution in [1.82, 2.24) is 15.5 Å². The van der Waals surface area contributed by atoms with Crippen LogP contribution in [0.25, 0.3) is 0 Å². The van der Waals surface area contributed by atoms with Gasteiger partial charge in [-0.2, -0.15) is 0 Å². The molecule has 2 aromatic rings. The summed E-state index contributed by atoms with van der Waals surface area (Å²) in [6.45, 7) is 1.05. The molecule has 1 fully saturated rings. The van der Waals surface area contributed by atoms with Gasteiger partial charge in [-0.05, 0) is 90.8 Å². The molecule has 0 saturated carbocycles. The fourth-order valence-corrected chi connectivity index (χ4v) is 4.16. The lowest BCUT2D eigenvalue weighted by atomic mass is 9.97. The monoisotopic (exact) mass is 537 g/mol. The molecule has 2 unspecified atom stereocenters. The lowest BCUT2D eigenvalue weighted by Gasteiger charge is -2.39. The van der Waals surface area contributed by atoms with Crippen LogP contribution in [0, 0.1) is 3.57 Å². The van der Waals surface area contributed by atoms with Crippen molar-refractivity contribution in [3.63, 3.8) is 0 Å². The van der Waals surface area contributed by atoms with Gasteiger partial charge in [0.05, 0.1) is 0 Å². The minimum atomic E-state index is -0.633. The number of hydrogen-bond donors (Lipinski definition) is 4. The van der Waals surface area contributed by atoms with E-state index in [-0.39, 0.29) is 29.9 Å². The van der Waals surface area contributed by atoms with Gasteiger partial charge in [-0.1, -0.05) is 18.2 Å². The molecular weight excluding hydrogens is 509 g/mol. The van der Waals surface area contributed by atoms with E-state index in [0.29, 0.717) is 18.4 Å². The highest BCUT2D eigenvalue weighted by atomic mass is 127. The summed E-state index contributed by atoms with van der Waals surface area (Å²) in [5.74, 6) is -0.744. The van der Waals surface area contributed by atoms with E-state index in [2.05, 4.69) is 33.2 Å². The Balaban J connectivity index is 1.80. The molecule has 8 heteroatoms. The van der Waals surface area contributed by atoms with Gasteiger partial charge in [0, 0.05) is 16.5 Å². The Morgan fingerprint density at radius 3 is 2.42 bits per heavy atom. The first kappa shape index (κ1) is 23.3. The van der Waals surface area contributed by atoms with E-state index >= 15 is 0 Å². The molecule has 4 N–H and O–H groups in total. The van der Waals surface area contributed by atoms with E-state index in [0.717, 1.165) is 28.5 Å². The normalized spacial score (nSPS) is 18.8. The Kier molecular flexibility index (Phi) is 8.14. The maximum Gasteiger partial charge on any atom is 0.246 e. The molecule has 2 amide bonds. The van der Waals surface area contributed by atoms with Crippen molar-refractivity contribution in [2.24, 2.45) is 0 Å². The zero-order valence-corrected chi connectivity index (χ0v) is 19.6. The quantitative estimate of drug-likeness (QED) is 0.224. The third-order valence-electron chi connectivity index (χ3n) is 5.48. The maximum atomic E-state index is 13.4. The van der Waals surface area contributed by atoms with Gasteiger partial charge >= 0.3 is 0 Å².